The Morgan fingerprint density at radius 3 is 0.584 bits per heavy atom. The maximum atomic E-state index is 5.02. The molecule has 29 rings (SSSR count). The Kier molecular flexibility index (Phi) is 21.1. The Hall–Kier alpha value is -20.6. The number of rotatable bonds is 17. The number of hydrogen-bond donors (Lipinski definition) is 0. The average molecular weight is 1910 g/mol. The van der Waals surface area contributed by atoms with Gasteiger partial charge in [-0.3, -0.25) is 15.0 Å². The van der Waals surface area contributed by atoms with Gasteiger partial charge in [-0.2, -0.15) is 0 Å². The zero-order valence-electron chi connectivity index (χ0n) is 80.0. The van der Waals surface area contributed by atoms with E-state index in [-0.39, 0.29) is 0 Å². The van der Waals surface area contributed by atoms with Crippen LogP contribution in [0.3, 0.4) is 0 Å². The lowest BCUT2D eigenvalue weighted by molar-refractivity contribution is 1.06. The summed E-state index contributed by atoms with van der Waals surface area (Å²) in [7, 11) is 0. The van der Waals surface area contributed by atoms with Crippen LogP contribution in [-0.2, 0) is 0 Å². The largest absolute Gasteiger partial charge is 0.309 e. The average Bonchev–Trinajstić information content (AvgIpc) is 1.58. The van der Waals surface area contributed by atoms with Gasteiger partial charge in [-0.1, -0.05) is 249 Å². The lowest BCUT2D eigenvalue weighted by atomic mass is 9.98. The molecule has 0 aliphatic carbocycles. The smallest absolute Gasteiger partial charge is 0.182 e. The van der Waals surface area contributed by atoms with Gasteiger partial charge in [0.2, 0.25) is 0 Å². The van der Waals surface area contributed by atoms with E-state index in [1.165, 1.54) is 87.1 Å². The van der Waals surface area contributed by atoms with E-state index in [0.717, 1.165) is 123 Å². The van der Waals surface area contributed by atoms with Crippen LogP contribution >= 0.6 is 0 Å². The Labute approximate surface area is 854 Å². The quantitative estimate of drug-likeness (QED) is 0.0843. The molecule has 0 radical (unpaired) electrons. The monoisotopic (exact) mass is 1910 g/mol. The molecule has 17 nitrogen and oxygen atoms in total. The van der Waals surface area contributed by atoms with Crippen LogP contribution in [0, 0.1) is 0 Å². The normalized spacial score (nSPS) is 11.6. The highest BCUT2D eigenvalue weighted by atomic mass is 15.1. The van der Waals surface area contributed by atoms with Crippen LogP contribution in [0.1, 0.15) is 0 Å². The molecule has 0 saturated carbocycles. The molecule has 0 N–H and O–H groups in total. The van der Waals surface area contributed by atoms with E-state index in [0.29, 0.717) is 63.8 Å². The van der Waals surface area contributed by atoms with Gasteiger partial charge in [0.15, 0.2) is 52.4 Å². The summed E-state index contributed by atoms with van der Waals surface area (Å²) in [6.45, 7) is 0. The van der Waals surface area contributed by atoms with Gasteiger partial charge < -0.3 is 22.8 Å². The van der Waals surface area contributed by atoms with Crippen molar-refractivity contribution in [1.29, 1.82) is 0 Å². The van der Waals surface area contributed by atoms with E-state index < -0.39 is 0 Å². The van der Waals surface area contributed by atoms with E-state index in [9.17, 15) is 0 Å². The van der Waals surface area contributed by atoms with Crippen LogP contribution in [0.2, 0.25) is 0 Å². The molecule has 0 fully saturated rings. The van der Waals surface area contributed by atoms with Crippen molar-refractivity contribution < 1.29 is 0 Å². The summed E-state index contributed by atoms with van der Waals surface area (Å²) in [5.41, 5.74) is 31.4. The van der Waals surface area contributed by atoms with Crippen LogP contribution < -0.4 is 0 Å². The van der Waals surface area contributed by atoms with E-state index in [2.05, 4.69) is 378 Å². The molecule has 17 heteroatoms. The Bertz CT molecular complexity index is 9560. The van der Waals surface area contributed by atoms with Gasteiger partial charge in [-0.15, -0.1) is 0 Å². The zero-order valence-corrected chi connectivity index (χ0v) is 80.0. The molecule has 0 unspecified atom stereocenters. The Morgan fingerprint density at radius 2 is 0.329 bits per heavy atom. The molecular weight excluding hydrogens is 1820 g/mol. The summed E-state index contributed by atoms with van der Waals surface area (Å²) >= 11 is 0. The second kappa shape index (κ2) is 36.4. The molecular formula is C132H83N17. The molecule has 0 aliphatic rings. The molecule has 29 aromatic rings. The lowest BCUT2D eigenvalue weighted by Crippen LogP contribution is -2.01. The predicted octanol–water partition coefficient (Wildman–Crippen LogP) is 31.6. The standard InChI is InChI=1S/C68H43N7.C64H40N10/c1-4-15-44(16-5-1)66-70-67(72-68(71-66)50-17-14-38-69-43-50)45-26-32-53(33-27-45)75-64-36-30-48(46-28-34-62-56(39-46)54-22-10-12-24-60(54)73(62)51-18-6-2-7-19-51)41-58(64)59-42-49(31-37-65(59)75)47-29-35-63-57(40-47)55-23-11-13-25-61(55)74(63)52-20-8-3-9-21-52;1-3-15-41(16-4-1)59-67-61(71-63(69-59)53-21-11-13-37-65-53)43-25-31-47(32-26-43)73-55-23-9-7-19-49(55)51-39-45(29-35-57(51)73)46-30-36-58-52(40-46)50-20-8-10-24-56(50)74(58)48-33-27-44(28-34-48)62-68-60(42-17-5-2-6-18-42)70-64(72-62)54-22-12-14-38-66-54/h1-43H;1-40H. The fraction of sp³-hybridized carbons (Fsp3) is 0. The first-order valence-electron chi connectivity index (χ1n) is 49.7. The van der Waals surface area contributed by atoms with Crippen molar-refractivity contribution in [3.63, 3.8) is 0 Å². The van der Waals surface area contributed by atoms with E-state index in [4.69, 9.17) is 44.9 Å². The maximum absolute atomic E-state index is 5.02. The van der Waals surface area contributed by atoms with Gasteiger partial charge in [0, 0.05) is 146 Å². The number of para-hydroxylation sites is 6. The van der Waals surface area contributed by atoms with E-state index in [1.807, 2.05) is 140 Å². The predicted molar refractivity (Wildman–Crippen MR) is 603 cm³/mol. The van der Waals surface area contributed by atoms with Crippen LogP contribution in [0.4, 0.5) is 0 Å². The fourth-order valence-corrected chi connectivity index (χ4v) is 21.3. The minimum atomic E-state index is 0.527. The number of fused-ring (bicyclic) bond motifs is 15. The van der Waals surface area contributed by atoms with Crippen molar-refractivity contribution in [3.05, 3.63) is 504 Å². The number of benzene rings is 18. The third-order valence-corrected chi connectivity index (χ3v) is 28.3. The molecule has 0 bridgehead atoms. The molecule has 0 amide bonds. The first kappa shape index (κ1) is 86.3. The van der Waals surface area contributed by atoms with Crippen molar-refractivity contribution in [1.82, 2.24) is 82.6 Å². The third-order valence-electron chi connectivity index (χ3n) is 28.3. The van der Waals surface area contributed by atoms with E-state index in [1.54, 1.807) is 24.8 Å². The molecule has 11 heterocycles. The minimum Gasteiger partial charge on any atom is -0.309 e. The summed E-state index contributed by atoms with van der Waals surface area (Å²) in [6, 6.07) is 168. The topological polar surface area (TPSA) is 179 Å². The molecule has 18 aromatic carbocycles. The summed E-state index contributed by atoms with van der Waals surface area (Å²) in [6.07, 6.45) is 7.07. The van der Waals surface area contributed by atoms with Gasteiger partial charge in [0.05, 0.1) is 55.2 Å². The molecule has 0 saturated heterocycles. The molecule has 0 spiro atoms. The molecule has 149 heavy (non-hydrogen) atoms. The highest BCUT2D eigenvalue weighted by Crippen LogP contribution is 2.46. The molecule has 11 aromatic heterocycles. The second-order valence-electron chi connectivity index (χ2n) is 37.1. The highest BCUT2D eigenvalue weighted by Gasteiger charge is 2.25. The molecule has 0 atom stereocenters. The fourth-order valence-electron chi connectivity index (χ4n) is 21.3. The van der Waals surface area contributed by atoms with E-state index >= 15 is 0 Å². The maximum Gasteiger partial charge on any atom is 0.182 e. The first-order chi connectivity index (χ1) is 73.8. The van der Waals surface area contributed by atoms with Crippen LogP contribution in [0.15, 0.2) is 504 Å². The SMILES string of the molecule is c1ccc(-c2nc(-c3ccc(-n4c5ccc(-c6ccc7c(c6)c6ccccc6n7-c6ccccc6)cc5c5cc(-c6ccc7c(c6)c6ccccc6n7-c6ccccc6)ccc54)cc3)nc(-c3cccnc3)n2)cc1.c1ccc(-c2nc(-c3ccc(-n4c5ccccc5c5cc(-c6ccc7c(c6)c6ccccc6n7-c6ccc(-c7nc(-c8ccccc8)nc(-c8ccccn8)n7)cc6)ccc54)cc3)nc(-c3ccccn3)n2)cc1. The van der Waals surface area contributed by atoms with Gasteiger partial charge in [-0.25, -0.2) is 44.9 Å². The van der Waals surface area contributed by atoms with Crippen LogP contribution in [0.5, 0.6) is 0 Å². The van der Waals surface area contributed by atoms with Crippen molar-refractivity contribution in [3.8, 4) is 165 Å². The van der Waals surface area contributed by atoms with Crippen molar-refractivity contribution in [2.45, 2.75) is 0 Å². The summed E-state index contributed by atoms with van der Waals surface area (Å²) in [5, 5.41) is 12.0. The van der Waals surface area contributed by atoms with Gasteiger partial charge in [0.25, 0.3) is 0 Å². The highest BCUT2D eigenvalue weighted by molar-refractivity contribution is 6.17. The van der Waals surface area contributed by atoms with Crippen molar-refractivity contribution >= 4 is 109 Å². The van der Waals surface area contributed by atoms with Gasteiger partial charge >= 0.3 is 0 Å². The Balaban J connectivity index is 0.000000143. The molecule has 696 valence electrons. The summed E-state index contributed by atoms with van der Waals surface area (Å²) < 4.78 is 11.8. The summed E-state index contributed by atoms with van der Waals surface area (Å²) in [5.74, 6) is 5.20. The third kappa shape index (κ3) is 15.5. The van der Waals surface area contributed by atoms with Gasteiger partial charge in [-0.05, 0) is 264 Å². The van der Waals surface area contributed by atoms with Gasteiger partial charge in [0.1, 0.15) is 11.4 Å². The number of aromatic nitrogens is 17. The number of nitrogens with zero attached hydrogens (tertiary/aromatic N) is 17. The minimum absolute atomic E-state index is 0.527. The van der Waals surface area contributed by atoms with Crippen LogP contribution in [-0.4, -0.2) is 82.6 Å². The van der Waals surface area contributed by atoms with Crippen LogP contribution in [0.25, 0.3) is 274 Å². The number of hydrogen-bond acceptors (Lipinski definition) is 12. The lowest BCUT2D eigenvalue weighted by Gasteiger charge is -2.11. The molecule has 0 aliphatic heterocycles. The second-order valence-corrected chi connectivity index (χ2v) is 37.1. The van der Waals surface area contributed by atoms with Crippen molar-refractivity contribution in [2.75, 3.05) is 0 Å². The Morgan fingerprint density at radius 1 is 0.128 bits per heavy atom. The first-order valence-corrected chi connectivity index (χ1v) is 49.7. The van der Waals surface area contributed by atoms with Crippen molar-refractivity contribution in [2.24, 2.45) is 0 Å². The zero-order chi connectivity index (χ0) is 98.4. The number of pyridine rings is 3. The summed E-state index contributed by atoms with van der Waals surface area (Å²) in [4.78, 5) is 57.8.